The zero-order valence-corrected chi connectivity index (χ0v) is 10.7. The van der Waals surface area contributed by atoms with E-state index in [1.165, 1.54) is 24.8 Å². The number of benzene rings is 1. The van der Waals surface area contributed by atoms with Gasteiger partial charge in [0.1, 0.15) is 11.6 Å². The van der Waals surface area contributed by atoms with Gasteiger partial charge in [0.15, 0.2) is 0 Å². The van der Waals surface area contributed by atoms with Gasteiger partial charge in [0.2, 0.25) is 0 Å². The highest BCUT2D eigenvalue weighted by atomic mass is 16.1. The molecule has 1 saturated carbocycles. The van der Waals surface area contributed by atoms with Crippen molar-refractivity contribution in [2.75, 3.05) is 0 Å². The molecule has 1 heterocycles. The van der Waals surface area contributed by atoms with Crippen LogP contribution in [-0.4, -0.2) is 15.8 Å². The Morgan fingerprint density at radius 3 is 2.94 bits per heavy atom. The second-order valence-corrected chi connectivity index (χ2v) is 5.30. The Labute approximate surface area is 107 Å². The minimum atomic E-state index is 0.245. The summed E-state index contributed by atoms with van der Waals surface area (Å²) in [4.78, 5) is 19.1. The molecule has 0 saturated heterocycles. The fourth-order valence-corrected chi connectivity index (χ4v) is 2.43. The van der Waals surface area contributed by atoms with Crippen LogP contribution in [0.2, 0.25) is 0 Å². The molecule has 0 spiro atoms. The maximum atomic E-state index is 11.0. The number of aryl methyl sites for hydroxylation is 1. The van der Waals surface area contributed by atoms with E-state index in [1.807, 2.05) is 0 Å². The molecule has 0 atom stereocenters. The summed E-state index contributed by atoms with van der Waals surface area (Å²) in [6.45, 7) is 1.64. The number of Topliss-reactive ketones (excluding diaryl/α,β-unsaturated/α-hetero) is 1. The Morgan fingerprint density at radius 1 is 1.44 bits per heavy atom. The van der Waals surface area contributed by atoms with Crippen molar-refractivity contribution in [2.45, 2.75) is 44.9 Å². The summed E-state index contributed by atoms with van der Waals surface area (Å²) < 4.78 is 0. The Balaban J connectivity index is 1.84. The highest BCUT2D eigenvalue weighted by Crippen LogP contribution is 2.35. The van der Waals surface area contributed by atoms with Crippen LogP contribution in [0.3, 0.4) is 0 Å². The van der Waals surface area contributed by atoms with Crippen LogP contribution >= 0.6 is 0 Å². The molecular formula is C15H18N2O. The van der Waals surface area contributed by atoms with E-state index in [9.17, 15) is 4.79 Å². The number of fused-ring (bicyclic) bond motifs is 1. The van der Waals surface area contributed by atoms with Crippen molar-refractivity contribution in [1.82, 2.24) is 9.97 Å². The van der Waals surface area contributed by atoms with Crippen molar-refractivity contribution in [2.24, 2.45) is 0 Å². The molecule has 1 aliphatic rings. The van der Waals surface area contributed by atoms with Crippen molar-refractivity contribution in [3.05, 3.63) is 29.6 Å². The maximum Gasteiger partial charge on any atom is 0.130 e. The maximum absolute atomic E-state index is 11.0. The number of aromatic amines is 1. The molecule has 1 aromatic heterocycles. The van der Waals surface area contributed by atoms with Crippen LogP contribution < -0.4 is 0 Å². The van der Waals surface area contributed by atoms with Gasteiger partial charge in [-0.25, -0.2) is 4.98 Å². The molecule has 18 heavy (non-hydrogen) atoms. The molecule has 94 valence electrons. The van der Waals surface area contributed by atoms with Crippen molar-refractivity contribution in [3.8, 4) is 0 Å². The molecule has 0 bridgehead atoms. The number of ketones is 1. The quantitative estimate of drug-likeness (QED) is 0.893. The van der Waals surface area contributed by atoms with Crippen LogP contribution in [0.4, 0.5) is 0 Å². The van der Waals surface area contributed by atoms with Gasteiger partial charge in [-0.05, 0) is 43.9 Å². The molecular weight excluding hydrogens is 224 g/mol. The first-order valence-corrected chi connectivity index (χ1v) is 6.70. The minimum Gasteiger partial charge on any atom is -0.342 e. The van der Waals surface area contributed by atoms with E-state index < -0.39 is 0 Å². The number of hydrogen-bond donors (Lipinski definition) is 1. The number of aromatic nitrogens is 2. The first kappa shape index (κ1) is 11.5. The summed E-state index contributed by atoms with van der Waals surface area (Å²) in [5.74, 6) is 2.02. The molecule has 2 aromatic rings. The number of nitrogens with zero attached hydrogens (tertiary/aromatic N) is 1. The summed E-state index contributed by atoms with van der Waals surface area (Å²) in [6, 6.07) is 6.27. The zero-order valence-electron chi connectivity index (χ0n) is 10.7. The van der Waals surface area contributed by atoms with Gasteiger partial charge in [-0.2, -0.15) is 0 Å². The van der Waals surface area contributed by atoms with Gasteiger partial charge in [0.05, 0.1) is 11.0 Å². The highest BCUT2D eigenvalue weighted by molar-refractivity contribution is 5.77. The fourth-order valence-electron chi connectivity index (χ4n) is 2.43. The lowest BCUT2D eigenvalue weighted by atomic mass is 9.85. The van der Waals surface area contributed by atoms with Crippen LogP contribution in [0.15, 0.2) is 18.2 Å². The molecule has 0 unspecified atom stereocenters. The molecule has 1 fully saturated rings. The lowest BCUT2D eigenvalue weighted by Crippen LogP contribution is -2.10. The number of imidazole rings is 1. The first-order chi connectivity index (χ1) is 8.72. The van der Waals surface area contributed by atoms with E-state index in [4.69, 9.17) is 0 Å². The highest BCUT2D eigenvalue weighted by Gasteiger charge is 2.22. The smallest absolute Gasteiger partial charge is 0.130 e. The van der Waals surface area contributed by atoms with E-state index in [2.05, 4.69) is 28.2 Å². The Hall–Kier alpha value is -1.64. The van der Waals surface area contributed by atoms with Crippen molar-refractivity contribution in [3.63, 3.8) is 0 Å². The van der Waals surface area contributed by atoms with E-state index >= 15 is 0 Å². The summed E-state index contributed by atoms with van der Waals surface area (Å²) >= 11 is 0. The van der Waals surface area contributed by atoms with Crippen LogP contribution in [0.5, 0.6) is 0 Å². The van der Waals surface area contributed by atoms with Gasteiger partial charge < -0.3 is 9.78 Å². The second-order valence-electron chi connectivity index (χ2n) is 5.30. The second kappa shape index (κ2) is 4.56. The summed E-state index contributed by atoms with van der Waals surface area (Å²) in [6.07, 6.45) is 5.29. The summed E-state index contributed by atoms with van der Waals surface area (Å²) in [5.41, 5.74) is 3.36. The minimum absolute atomic E-state index is 0.245. The normalized spacial score (nSPS) is 15.8. The average Bonchev–Trinajstić information content (AvgIpc) is 2.65. The lowest BCUT2D eigenvalue weighted by Gasteiger charge is -2.22. The molecule has 1 aromatic carbocycles. The van der Waals surface area contributed by atoms with Gasteiger partial charge in [-0.1, -0.05) is 12.5 Å². The van der Waals surface area contributed by atoms with Crippen LogP contribution in [0.1, 0.15) is 49.9 Å². The fraction of sp³-hybridized carbons (Fsp3) is 0.467. The van der Waals surface area contributed by atoms with Gasteiger partial charge in [-0.3, -0.25) is 0 Å². The zero-order chi connectivity index (χ0) is 12.5. The van der Waals surface area contributed by atoms with E-state index in [0.29, 0.717) is 12.3 Å². The van der Waals surface area contributed by atoms with Gasteiger partial charge in [-0.15, -0.1) is 0 Å². The molecule has 3 nitrogen and oxygen atoms in total. The predicted octanol–water partition coefficient (Wildman–Crippen LogP) is 3.35. The average molecular weight is 242 g/mol. The monoisotopic (exact) mass is 242 g/mol. The van der Waals surface area contributed by atoms with Crippen molar-refractivity contribution in [1.29, 1.82) is 0 Å². The van der Waals surface area contributed by atoms with Crippen LogP contribution in [0, 0.1) is 0 Å². The van der Waals surface area contributed by atoms with E-state index in [-0.39, 0.29) is 5.78 Å². The topological polar surface area (TPSA) is 45.8 Å². The largest absolute Gasteiger partial charge is 0.342 e. The molecule has 0 amide bonds. The Kier molecular flexibility index (Phi) is 2.90. The molecule has 3 rings (SSSR count). The third-order valence-electron chi connectivity index (χ3n) is 3.82. The predicted molar refractivity (Wildman–Crippen MR) is 71.7 cm³/mol. The number of hydrogen-bond acceptors (Lipinski definition) is 2. The van der Waals surface area contributed by atoms with Gasteiger partial charge >= 0.3 is 0 Å². The Bertz CT molecular complexity index is 581. The Morgan fingerprint density at radius 2 is 2.28 bits per heavy atom. The lowest BCUT2D eigenvalue weighted by molar-refractivity contribution is -0.116. The number of nitrogens with one attached hydrogen (secondary N) is 1. The van der Waals surface area contributed by atoms with Gasteiger partial charge in [0, 0.05) is 12.3 Å². The van der Waals surface area contributed by atoms with E-state index in [0.717, 1.165) is 23.3 Å². The van der Waals surface area contributed by atoms with Crippen LogP contribution in [-0.2, 0) is 11.2 Å². The SMILES string of the molecule is CC(=O)CCc1ccc2nc(C3CCC3)[nH]c2c1. The molecule has 1 N–H and O–H groups in total. The number of carbonyl (C=O) groups excluding carboxylic acids is 1. The molecule has 1 aliphatic carbocycles. The van der Waals surface area contributed by atoms with E-state index in [1.54, 1.807) is 6.92 Å². The molecule has 0 aliphatic heterocycles. The number of carbonyl (C=O) groups is 1. The third kappa shape index (κ3) is 2.17. The first-order valence-electron chi connectivity index (χ1n) is 6.70. The molecule has 0 radical (unpaired) electrons. The standard InChI is InChI=1S/C15H18N2O/c1-10(18)5-6-11-7-8-13-14(9-11)17-15(16-13)12-3-2-4-12/h7-9,12H,2-6H2,1H3,(H,16,17). The number of rotatable bonds is 4. The van der Waals surface area contributed by atoms with Crippen LogP contribution in [0.25, 0.3) is 11.0 Å². The summed E-state index contributed by atoms with van der Waals surface area (Å²) in [7, 11) is 0. The third-order valence-corrected chi connectivity index (χ3v) is 3.82. The van der Waals surface area contributed by atoms with Gasteiger partial charge in [0.25, 0.3) is 0 Å². The van der Waals surface area contributed by atoms with Crippen molar-refractivity contribution < 1.29 is 4.79 Å². The van der Waals surface area contributed by atoms with Crippen molar-refractivity contribution >= 4 is 16.8 Å². The number of H-pyrrole nitrogens is 1. The molecule has 3 heteroatoms. The summed E-state index contributed by atoms with van der Waals surface area (Å²) in [5, 5.41) is 0.